The van der Waals surface area contributed by atoms with Crippen molar-refractivity contribution in [1.82, 2.24) is 0 Å². The molecule has 7 heteroatoms. The van der Waals surface area contributed by atoms with Crippen molar-refractivity contribution >= 4 is 49.2 Å². The molecule has 32 heavy (non-hydrogen) atoms. The van der Waals surface area contributed by atoms with E-state index in [-0.39, 0.29) is 5.56 Å². The van der Waals surface area contributed by atoms with Gasteiger partial charge in [-0.1, -0.05) is 32.0 Å². The number of anilines is 1. The average molecular weight is 561 g/mol. The minimum atomic E-state index is -0.711. The van der Waals surface area contributed by atoms with Crippen molar-refractivity contribution in [3.63, 3.8) is 0 Å². The monoisotopic (exact) mass is 559 g/mol. The molecular weight excluding hydrogens is 538 g/mol. The quantitative estimate of drug-likeness (QED) is 0.231. The van der Waals surface area contributed by atoms with Gasteiger partial charge in [-0.2, -0.15) is 0 Å². The Bertz CT molecular complexity index is 1110. The lowest BCUT2D eigenvalue weighted by atomic mass is 9.97. The SMILES string of the molecule is CCC(C)c1cc(Oc2c(Br)cc(C(=O)C(=O)Nc3ccccc3)cc2Br)ccc1OC. The summed E-state index contributed by atoms with van der Waals surface area (Å²) in [5.74, 6) is 0.912. The summed E-state index contributed by atoms with van der Waals surface area (Å²) in [6.45, 7) is 4.25. The normalized spacial score (nSPS) is 11.5. The number of Topliss-reactive ketones (excluding diaryl/α,β-unsaturated/α-hetero) is 1. The van der Waals surface area contributed by atoms with Gasteiger partial charge < -0.3 is 14.8 Å². The number of carbonyl (C=O) groups excluding carboxylic acids is 2. The van der Waals surface area contributed by atoms with E-state index < -0.39 is 11.7 Å². The summed E-state index contributed by atoms with van der Waals surface area (Å²) in [4.78, 5) is 25.0. The first-order valence-electron chi connectivity index (χ1n) is 10.1. The first-order valence-corrected chi connectivity index (χ1v) is 11.7. The Balaban J connectivity index is 1.83. The molecule has 0 aromatic heterocycles. The number of methoxy groups -OCH3 is 1. The van der Waals surface area contributed by atoms with Gasteiger partial charge in [0.2, 0.25) is 0 Å². The molecule has 166 valence electrons. The molecule has 1 N–H and O–H groups in total. The summed E-state index contributed by atoms with van der Waals surface area (Å²) in [6.07, 6.45) is 0.967. The highest BCUT2D eigenvalue weighted by molar-refractivity contribution is 9.11. The second-order valence-corrected chi connectivity index (χ2v) is 8.94. The lowest BCUT2D eigenvalue weighted by molar-refractivity contribution is -0.112. The third-order valence-corrected chi connectivity index (χ3v) is 6.24. The lowest BCUT2D eigenvalue weighted by Gasteiger charge is -2.17. The van der Waals surface area contributed by atoms with Crippen molar-refractivity contribution in [2.75, 3.05) is 12.4 Å². The Morgan fingerprint density at radius 1 is 1.00 bits per heavy atom. The molecule has 3 rings (SSSR count). The first kappa shape index (κ1) is 24.0. The fourth-order valence-electron chi connectivity index (χ4n) is 3.13. The van der Waals surface area contributed by atoms with Crippen LogP contribution in [0.25, 0.3) is 0 Å². The third kappa shape index (κ3) is 5.58. The van der Waals surface area contributed by atoms with Gasteiger partial charge in [0.15, 0.2) is 5.75 Å². The standard InChI is InChI=1S/C25H23Br2NO4/c1-4-15(2)19-14-18(10-11-22(19)31-3)32-24-20(26)12-16(13-21(24)27)23(29)25(30)28-17-8-6-5-7-9-17/h5-15H,4H2,1-3H3,(H,28,30). The van der Waals surface area contributed by atoms with E-state index in [2.05, 4.69) is 51.0 Å². The van der Waals surface area contributed by atoms with E-state index in [0.717, 1.165) is 17.7 Å². The zero-order valence-corrected chi connectivity index (χ0v) is 21.1. The molecule has 0 fully saturated rings. The van der Waals surface area contributed by atoms with Crippen molar-refractivity contribution in [1.29, 1.82) is 0 Å². The van der Waals surface area contributed by atoms with Crippen molar-refractivity contribution in [3.05, 3.63) is 80.7 Å². The molecule has 0 saturated heterocycles. The van der Waals surface area contributed by atoms with Crippen LogP contribution in [-0.4, -0.2) is 18.8 Å². The number of halogens is 2. The van der Waals surface area contributed by atoms with Crippen LogP contribution in [0.4, 0.5) is 5.69 Å². The zero-order valence-electron chi connectivity index (χ0n) is 17.9. The van der Waals surface area contributed by atoms with Gasteiger partial charge in [-0.25, -0.2) is 0 Å². The number of hydrogen-bond donors (Lipinski definition) is 1. The summed E-state index contributed by atoms with van der Waals surface area (Å²) in [5.41, 5.74) is 1.85. The molecular formula is C25H23Br2NO4. The van der Waals surface area contributed by atoms with E-state index in [1.54, 1.807) is 43.5 Å². The largest absolute Gasteiger partial charge is 0.496 e. The second-order valence-electron chi connectivity index (χ2n) is 7.23. The van der Waals surface area contributed by atoms with E-state index in [4.69, 9.17) is 9.47 Å². The third-order valence-electron chi connectivity index (χ3n) is 5.06. The number of para-hydroxylation sites is 1. The molecule has 0 bridgehead atoms. The predicted molar refractivity (Wildman–Crippen MR) is 133 cm³/mol. The van der Waals surface area contributed by atoms with Gasteiger partial charge in [-0.3, -0.25) is 9.59 Å². The molecule has 0 aliphatic carbocycles. The van der Waals surface area contributed by atoms with Gasteiger partial charge in [0, 0.05) is 16.8 Å². The fraction of sp³-hybridized carbons (Fsp3) is 0.200. The number of ether oxygens (including phenoxy) is 2. The molecule has 0 saturated carbocycles. The second kappa shape index (κ2) is 10.8. The molecule has 5 nitrogen and oxygen atoms in total. The van der Waals surface area contributed by atoms with Crippen molar-refractivity contribution < 1.29 is 19.1 Å². The van der Waals surface area contributed by atoms with E-state index in [9.17, 15) is 9.59 Å². The Morgan fingerprint density at radius 3 is 2.25 bits per heavy atom. The molecule has 0 heterocycles. The topological polar surface area (TPSA) is 64.6 Å². The summed E-state index contributed by atoms with van der Waals surface area (Å²) in [5, 5.41) is 2.60. The zero-order chi connectivity index (χ0) is 23.3. The highest BCUT2D eigenvalue weighted by Gasteiger charge is 2.21. The highest BCUT2D eigenvalue weighted by Crippen LogP contribution is 2.40. The maximum atomic E-state index is 12.6. The minimum Gasteiger partial charge on any atom is -0.496 e. The van der Waals surface area contributed by atoms with Crippen LogP contribution in [0.1, 0.15) is 42.1 Å². The summed E-state index contributed by atoms with van der Waals surface area (Å²) >= 11 is 6.93. The van der Waals surface area contributed by atoms with Crippen molar-refractivity contribution in [2.45, 2.75) is 26.2 Å². The number of carbonyl (C=O) groups is 2. The molecule has 0 radical (unpaired) electrons. The number of hydrogen-bond acceptors (Lipinski definition) is 4. The van der Waals surface area contributed by atoms with Crippen LogP contribution in [0.2, 0.25) is 0 Å². The van der Waals surface area contributed by atoms with E-state index >= 15 is 0 Å². The van der Waals surface area contributed by atoms with Crippen LogP contribution >= 0.6 is 31.9 Å². The minimum absolute atomic E-state index is 0.236. The number of amides is 1. The van der Waals surface area contributed by atoms with Gasteiger partial charge in [-0.05, 0) is 86.7 Å². The fourth-order valence-corrected chi connectivity index (χ4v) is 4.48. The smallest absolute Gasteiger partial charge is 0.296 e. The molecule has 0 aliphatic rings. The van der Waals surface area contributed by atoms with Crippen LogP contribution in [0, 0.1) is 0 Å². The average Bonchev–Trinajstić information content (AvgIpc) is 2.80. The highest BCUT2D eigenvalue weighted by atomic mass is 79.9. The van der Waals surface area contributed by atoms with Crippen molar-refractivity contribution in [2.24, 2.45) is 0 Å². The Morgan fingerprint density at radius 2 is 1.66 bits per heavy atom. The van der Waals surface area contributed by atoms with Gasteiger partial charge in [-0.15, -0.1) is 0 Å². The van der Waals surface area contributed by atoms with E-state index in [0.29, 0.717) is 32.0 Å². The molecule has 1 amide bonds. The van der Waals surface area contributed by atoms with Crippen LogP contribution in [0.5, 0.6) is 17.2 Å². The number of nitrogens with one attached hydrogen (secondary N) is 1. The van der Waals surface area contributed by atoms with E-state index in [1.165, 1.54) is 0 Å². The molecule has 3 aromatic rings. The van der Waals surface area contributed by atoms with Crippen LogP contribution < -0.4 is 14.8 Å². The molecule has 1 unspecified atom stereocenters. The molecule has 0 spiro atoms. The molecule has 3 aromatic carbocycles. The van der Waals surface area contributed by atoms with Gasteiger partial charge in [0.05, 0.1) is 16.1 Å². The van der Waals surface area contributed by atoms with Crippen LogP contribution in [0.15, 0.2) is 69.6 Å². The molecule has 0 aliphatic heterocycles. The number of ketones is 1. The maximum Gasteiger partial charge on any atom is 0.296 e. The number of benzene rings is 3. The first-order chi connectivity index (χ1) is 15.3. The molecule has 1 atom stereocenters. The predicted octanol–water partition coefficient (Wildman–Crippen LogP) is 7.35. The summed E-state index contributed by atoms with van der Waals surface area (Å²) in [6, 6.07) is 17.7. The maximum absolute atomic E-state index is 12.6. The van der Waals surface area contributed by atoms with Gasteiger partial charge >= 0.3 is 0 Å². The Kier molecular flexibility index (Phi) is 8.10. The summed E-state index contributed by atoms with van der Waals surface area (Å²) < 4.78 is 12.7. The summed E-state index contributed by atoms with van der Waals surface area (Å²) in [7, 11) is 1.65. The van der Waals surface area contributed by atoms with Crippen molar-refractivity contribution in [3.8, 4) is 17.2 Å². The number of rotatable bonds is 8. The Labute approximate surface area is 204 Å². The lowest BCUT2D eigenvalue weighted by Crippen LogP contribution is -2.22. The van der Waals surface area contributed by atoms with E-state index in [1.807, 2.05) is 24.3 Å². The van der Waals surface area contributed by atoms with Gasteiger partial charge in [0.25, 0.3) is 11.7 Å². The Hall–Kier alpha value is -2.64. The van der Waals surface area contributed by atoms with Crippen LogP contribution in [0.3, 0.4) is 0 Å². The van der Waals surface area contributed by atoms with Gasteiger partial charge in [0.1, 0.15) is 11.5 Å². The van der Waals surface area contributed by atoms with Crippen LogP contribution in [-0.2, 0) is 4.79 Å².